The van der Waals surface area contributed by atoms with Crippen LogP contribution in [-0.4, -0.2) is 35.2 Å². The first kappa shape index (κ1) is 18.8. The smallest absolute Gasteiger partial charge is 0.322 e. The molecular weight excluding hydrogens is 444 g/mol. The zero-order chi connectivity index (χ0) is 19.6. The Morgan fingerprint density at radius 2 is 1.96 bits per heavy atom. The molecule has 3 rings (SSSR count). The molecule has 1 aromatic carbocycles. The molecule has 2 heterocycles. The molecule has 12 heteroatoms. The first-order chi connectivity index (χ1) is 12.9. The van der Waals surface area contributed by atoms with Gasteiger partial charge in [-0.25, -0.2) is 0 Å². The van der Waals surface area contributed by atoms with Crippen LogP contribution in [0.15, 0.2) is 32.5 Å². The summed E-state index contributed by atoms with van der Waals surface area (Å²) in [5.41, 5.74) is -0.691. The number of nitro groups is 1. The number of halogens is 1. The van der Waals surface area contributed by atoms with Gasteiger partial charge in [-0.15, -0.1) is 16.4 Å². The highest BCUT2D eigenvalue weighted by Gasteiger charge is 2.26. The number of hydrogen-bond donors (Lipinski definition) is 1. The van der Waals surface area contributed by atoms with Crippen molar-refractivity contribution in [3.8, 4) is 22.3 Å². The third-order valence-electron chi connectivity index (χ3n) is 3.37. The monoisotopic (exact) mass is 454 g/mol. The van der Waals surface area contributed by atoms with Crippen LogP contribution in [0, 0.1) is 10.1 Å². The van der Waals surface area contributed by atoms with E-state index >= 15 is 0 Å². The number of nitrogens with zero attached hydrogens (tertiary/aromatic N) is 3. The highest BCUT2D eigenvalue weighted by Crippen LogP contribution is 2.35. The summed E-state index contributed by atoms with van der Waals surface area (Å²) in [5.74, 6) is -0.292. The predicted octanol–water partition coefficient (Wildman–Crippen LogP) is 3.74. The molecule has 0 bridgehead atoms. The van der Waals surface area contributed by atoms with Gasteiger partial charge in [0.1, 0.15) is 5.56 Å². The number of nitro benzene ring substituents is 1. The van der Waals surface area contributed by atoms with Crippen molar-refractivity contribution in [2.45, 2.75) is 0 Å². The minimum Gasteiger partial charge on any atom is -0.493 e. The van der Waals surface area contributed by atoms with Crippen LogP contribution >= 0.6 is 27.3 Å². The van der Waals surface area contributed by atoms with Gasteiger partial charge in [-0.05, 0) is 28.1 Å². The summed E-state index contributed by atoms with van der Waals surface area (Å²) in [5, 5.41) is 21.2. The van der Waals surface area contributed by atoms with Crippen LogP contribution in [0.3, 0.4) is 0 Å². The number of ether oxygens (including phenoxy) is 2. The van der Waals surface area contributed by atoms with Gasteiger partial charge < -0.3 is 13.9 Å². The number of thiophene rings is 1. The Hall–Kier alpha value is -2.99. The lowest BCUT2D eigenvalue weighted by atomic mass is 10.1. The molecule has 3 aromatic rings. The van der Waals surface area contributed by atoms with Gasteiger partial charge in [0, 0.05) is 6.07 Å². The molecule has 10 nitrogen and oxygen atoms in total. The molecule has 0 aliphatic heterocycles. The predicted molar refractivity (Wildman–Crippen MR) is 99.5 cm³/mol. The Labute approximate surface area is 164 Å². The van der Waals surface area contributed by atoms with Crippen LogP contribution in [0.5, 0.6) is 11.5 Å². The fraction of sp³-hybridized carbons (Fsp3) is 0.133. The highest BCUT2D eigenvalue weighted by molar-refractivity contribution is 9.11. The average molecular weight is 455 g/mol. The number of benzene rings is 1. The first-order valence-electron chi connectivity index (χ1n) is 7.24. The second-order valence-corrected chi connectivity index (χ2v) is 7.41. The van der Waals surface area contributed by atoms with Crippen LogP contribution in [0.4, 0.5) is 11.7 Å². The number of methoxy groups -OCH3 is 2. The molecule has 0 unspecified atom stereocenters. The van der Waals surface area contributed by atoms with E-state index in [1.807, 2.05) is 6.07 Å². The largest absolute Gasteiger partial charge is 0.493 e. The summed E-state index contributed by atoms with van der Waals surface area (Å²) in [6.07, 6.45) is 0. The summed E-state index contributed by atoms with van der Waals surface area (Å²) in [6, 6.07) is 5.71. The minimum atomic E-state index is -0.801. The zero-order valence-corrected chi connectivity index (χ0v) is 16.3. The number of aromatic nitrogens is 2. The molecule has 0 saturated heterocycles. The fourth-order valence-corrected chi connectivity index (χ4v) is 3.48. The molecule has 27 heavy (non-hydrogen) atoms. The van der Waals surface area contributed by atoms with E-state index in [0.29, 0.717) is 4.88 Å². The van der Waals surface area contributed by atoms with Crippen molar-refractivity contribution in [1.82, 2.24) is 10.2 Å². The lowest BCUT2D eigenvalue weighted by Gasteiger charge is -2.09. The number of rotatable bonds is 6. The SMILES string of the molecule is COc1cc(C(=O)Nc2nnc(-c3ccc(Br)s3)o2)c([N+](=O)[O-])cc1OC. The fourth-order valence-electron chi connectivity index (χ4n) is 2.17. The van der Waals surface area contributed by atoms with E-state index in [-0.39, 0.29) is 29.0 Å². The van der Waals surface area contributed by atoms with Gasteiger partial charge in [0.2, 0.25) is 0 Å². The third kappa shape index (κ3) is 3.90. The van der Waals surface area contributed by atoms with E-state index in [1.54, 1.807) is 6.07 Å². The van der Waals surface area contributed by atoms with Gasteiger partial charge in [0.05, 0.1) is 33.9 Å². The number of hydrogen-bond acceptors (Lipinski definition) is 9. The number of anilines is 1. The first-order valence-corrected chi connectivity index (χ1v) is 8.85. The maximum absolute atomic E-state index is 12.5. The number of carbonyl (C=O) groups excluding carboxylic acids is 1. The second-order valence-electron chi connectivity index (χ2n) is 4.95. The maximum Gasteiger partial charge on any atom is 0.322 e. The molecule has 1 N–H and O–H groups in total. The summed E-state index contributed by atoms with van der Waals surface area (Å²) in [6.45, 7) is 0. The van der Waals surface area contributed by atoms with Gasteiger partial charge >= 0.3 is 6.01 Å². The lowest BCUT2D eigenvalue weighted by molar-refractivity contribution is -0.385. The molecule has 0 aliphatic rings. The molecule has 0 saturated carbocycles. The Morgan fingerprint density at radius 3 is 2.56 bits per heavy atom. The van der Waals surface area contributed by atoms with E-state index in [4.69, 9.17) is 13.9 Å². The van der Waals surface area contributed by atoms with E-state index < -0.39 is 16.5 Å². The summed E-state index contributed by atoms with van der Waals surface area (Å²) in [4.78, 5) is 23.8. The Morgan fingerprint density at radius 1 is 1.26 bits per heavy atom. The molecule has 0 fully saturated rings. The molecule has 2 aromatic heterocycles. The number of amides is 1. The summed E-state index contributed by atoms with van der Waals surface area (Å²) in [7, 11) is 2.69. The third-order valence-corrected chi connectivity index (χ3v) is 4.98. The molecule has 0 radical (unpaired) electrons. The van der Waals surface area contributed by atoms with Gasteiger partial charge in [0.25, 0.3) is 17.5 Å². The molecule has 0 spiro atoms. The molecule has 0 atom stereocenters. The van der Waals surface area contributed by atoms with Crippen molar-refractivity contribution in [2.75, 3.05) is 19.5 Å². The van der Waals surface area contributed by atoms with Crippen molar-refractivity contribution in [3.05, 3.63) is 43.7 Å². The topological polar surface area (TPSA) is 130 Å². The molecular formula is C15H11BrN4O6S. The average Bonchev–Trinajstić information content (AvgIpc) is 3.29. The maximum atomic E-state index is 12.5. The summed E-state index contributed by atoms with van der Waals surface area (Å²) >= 11 is 4.70. The van der Waals surface area contributed by atoms with Crippen LogP contribution in [0.2, 0.25) is 0 Å². The van der Waals surface area contributed by atoms with E-state index in [2.05, 4.69) is 31.4 Å². The van der Waals surface area contributed by atoms with Crippen molar-refractivity contribution in [3.63, 3.8) is 0 Å². The molecule has 1 amide bonds. The lowest BCUT2D eigenvalue weighted by Crippen LogP contribution is -2.14. The van der Waals surface area contributed by atoms with Crippen LogP contribution in [-0.2, 0) is 0 Å². The van der Waals surface area contributed by atoms with Crippen molar-refractivity contribution < 1.29 is 23.6 Å². The van der Waals surface area contributed by atoms with E-state index in [1.165, 1.54) is 31.6 Å². The van der Waals surface area contributed by atoms with Gasteiger partial charge in [-0.1, -0.05) is 5.10 Å². The zero-order valence-electron chi connectivity index (χ0n) is 13.9. The van der Waals surface area contributed by atoms with Crippen molar-refractivity contribution in [2.24, 2.45) is 0 Å². The van der Waals surface area contributed by atoms with Crippen LogP contribution in [0.25, 0.3) is 10.8 Å². The quantitative estimate of drug-likeness (QED) is 0.440. The minimum absolute atomic E-state index is 0.129. The number of nitrogens with one attached hydrogen (secondary N) is 1. The summed E-state index contributed by atoms with van der Waals surface area (Å²) < 4.78 is 16.4. The standard InChI is InChI=1S/C15H11BrN4O6S/c1-24-9-5-7(8(20(22)23)6-10(9)25-2)13(21)17-15-19-18-14(26-15)11-3-4-12(16)27-11/h3-6H,1-2H3,(H,17,19,21). The Bertz CT molecular complexity index is 1020. The number of carbonyl (C=O) groups is 1. The van der Waals surface area contributed by atoms with Gasteiger partial charge in [-0.2, -0.15) is 0 Å². The highest BCUT2D eigenvalue weighted by atomic mass is 79.9. The molecule has 140 valence electrons. The van der Waals surface area contributed by atoms with Crippen molar-refractivity contribution in [1.29, 1.82) is 0 Å². The molecule has 0 aliphatic carbocycles. The van der Waals surface area contributed by atoms with Gasteiger partial charge in [-0.3, -0.25) is 20.2 Å². The van der Waals surface area contributed by atoms with Gasteiger partial charge in [0.15, 0.2) is 11.5 Å². The van der Waals surface area contributed by atoms with E-state index in [0.717, 1.165) is 9.85 Å². The van der Waals surface area contributed by atoms with Crippen LogP contribution in [0.1, 0.15) is 10.4 Å². The van der Waals surface area contributed by atoms with Crippen molar-refractivity contribution >= 4 is 44.9 Å². The normalized spacial score (nSPS) is 10.5. The Kier molecular flexibility index (Phi) is 5.37. The van der Waals surface area contributed by atoms with Crippen LogP contribution < -0.4 is 14.8 Å². The van der Waals surface area contributed by atoms with E-state index in [9.17, 15) is 14.9 Å². The Balaban J connectivity index is 1.90. The second kappa shape index (κ2) is 7.72.